The van der Waals surface area contributed by atoms with Gasteiger partial charge in [0, 0.05) is 23.6 Å². The van der Waals surface area contributed by atoms with Crippen LogP contribution in [0.2, 0.25) is 0 Å². The second kappa shape index (κ2) is 8.10. The van der Waals surface area contributed by atoms with Gasteiger partial charge in [0.1, 0.15) is 0 Å². The highest BCUT2D eigenvalue weighted by Crippen LogP contribution is 2.48. The summed E-state index contributed by atoms with van der Waals surface area (Å²) in [4.78, 5) is 15.9. The molecule has 1 aliphatic carbocycles. The first-order valence-corrected chi connectivity index (χ1v) is 10.9. The summed E-state index contributed by atoms with van der Waals surface area (Å²) in [5.41, 5.74) is 2.01. The Morgan fingerprint density at radius 2 is 1.73 bits per heavy atom. The fourth-order valence-corrected chi connectivity index (χ4v) is 5.06. The van der Waals surface area contributed by atoms with Gasteiger partial charge >= 0.3 is 0 Å². The lowest BCUT2D eigenvalue weighted by Gasteiger charge is -2.54. The van der Waals surface area contributed by atoms with Gasteiger partial charge in [0.15, 0.2) is 0 Å². The zero-order chi connectivity index (χ0) is 21.4. The number of carbonyl (C=O) groups excluding carboxylic acids is 1. The van der Waals surface area contributed by atoms with Crippen molar-refractivity contribution in [3.63, 3.8) is 0 Å². The van der Waals surface area contributed by atoms with Crippen LogP contribution in [0.1, 0.15) is 72.1 Å². The summed E-state index contributed by atoms with van der Waals surface area (Å²) in [5.74, 6) is -3.12. The SMILES string of the molecule is Cc1cc(C(C)(F)F)ccc1C(=O)NC(c1ccccc1)C1(N2CCCC2)CCC1. The zero-order valence-corrected chi connectivity index (χ0v) is 17.8. The maximum atomic E-state index is 13.7. The van der Waals surface area contributed by atoms with E-state index in [1.165, 1.54) is 31.0 Å². The van der Waals surface area contributed by atoms with E-state index in [0.717, 1.165) is 44.8 Å². The molecule has 3 nitrogen and oxygen atoms in total. The van der Waals surface area contributed by atoms with Crippen molar-refractivity contribution >= 4 is 5.91 Å². The predicted molar refractivity (Wildman–Crippen MR) is 115 cm³/mol. The molecule has 2 fully saturated rings. The Morgan fingerprint density at radius 3 is 2.27 bits per heavy atom. The molecule has 1 saturated heterocycles. The number of hydrogen-bond donors (Lipinski definition) is 1. The van der Waals surface area contributed by atoms with Crippen LogP contribution in [-0.2, 0) is 5.92 Å². The molecule has 160 valence electrons. The average Bonchev–Trinajstić information content (AvgIpc) is 3.21. The fourth-order valence-electron chi connectivity index (χ4n) is 5.06. The minimum atomic E-state index is -2.92. The molecule has 0 radical (unpaired) electrons. The summed E-state index contributed by atoms with van der Waals surface area (Å²) in [7, 11) is 0. The summed E-state index contributed by atoms with van der Waals surface area (Å²) < 4.78 is 27.4. The van der Waals surface area contributed by atoms with Gasteiger partial charge in [0.2, 0.25) is 0 Å². The van der Waals surface area contributed by atoms with Crippen LogP contribution >= 0.6 is 0 Å². The van der Waals surface area contributed by atoms with Gasteiger partial charge in [-0.15, -0.1) is 0 Å². The Balaban J connectivity index is 1.65. The molecule has 1 unspecified atom stereocenters. The first kappa shape index (κ1) is 21.0. The molecule has 1 heterocycles. The molecule has 1 saturated carbocycles. The molecule has 0 aromatic heterocycles. The van der Waals surface area contributed by atoms with Gasteiger partial charge in [-0.3, -0.25) is 9.69 Å². The predicted octanol–water partition coefficient (Wildman–Crippen LogP) is 5.60. The first-order valence-electron chi connectivity index (χ1n) is 10.9. The number of nitrogens with zero attached hydrogens (tertiary/aromatic N) is 1. The number of amides is 1. The largest absolute Gasteiger partial charge is 0.343 e. The number of halogens is 2. The highest BCUT2D eigenvalue weighted by molar-refractivity contribution is 5.96. The normalized spacial score (nSPS) is 19.9. The van der Waals surface area contributed by atoms with Crippen LogP contribution in [0, 0.1) is 6.92 Å². The molecule has 1 atom stereocenters. The van der Waals surface area contributed by atoms with E-state index >= 15 is 0 Å². The lowest BCUT2D eigenvalue weighted by Crippen LogP contribution is -2.60. The highest BCUT2D eigenvalue weighted by atomic mass is 19.3. The van der Waals surface area contributed by atoms with Crippen LogP contribution in [0.15, 0.2) is 48.5 Å². The summed E-state index contributed by atoms with van der Waals surface area (Å²) in [6.07, 6.45) is 5.68. The number of rotatable bonds is 6. The minimum absolute atomic E-state index is 0.0577. The zero-order valence-electron chi connectivity index (χ0n) is 17.8. The van der Waals surface area contributed by atoms with Crippen molar-refractivity contribution < 1.29 is 13.6 Å². The number of nitrogens with one attached hydrogen (secondary N) is 1. The lowest BCUT2D eigenvalue weighted by atomic mass is 9.68. The van der Waals surface area contributed by atoms with Crippen molar-refractivity contribution in [3.8, 4) is 0 Å². The Bertz CT molecular complexity index is 897. The van der Waals surface area contributed by atoms with Gasteiger partial charge in [-0.05, 0) is 75.4 Å². The standard InChI is InChI=1S/C25H30F2N2O/c1-18-17-20(24(2,26)27)11-12-21(18)23(30)28-22(19-9-4-3-5-10-19)25(13-8-14-25)29-15-6-7-16-29/h3-5,9-12,17,22H,6-8,13-16H2,1-2H3,(H,28,30). The average molecular weight is 413 g/mol. The lowest BCUT2D eigenvalue weighted by molar-refractivity contribution is -0.000450. The third-order valence-corrected chi connectivity index (χ3v) is 6.88. The molecule has 1 N–H and O–H groups in total. The van der Waals surface area contributed by atoms with Crippen LogP contribution in [0.5, 0.6) is 0 Å². The van der Waals surface area contributed by atoms with E-state index in [4.69, 9.17) is 0 Å². The van der Waals surface area contributed by atoms with Crippen LogP contribution in [-0.4, -0.2) is 29.4 Å². The van der Waals surface area contributed by atoms with Crippen LogP contribution in [0.4, 0.5) is 8.78 Å². The molecule has 0 spiro atoms. The summed E-state index contributed by atoms with van der Waals surface area (Å²) in [6.45, 7) is 4.74. The second-order valence-electron chi connectivity index (χ2n) is 8.89. The van der Waals surface area contributed by atoms with Crippen LogP contribution < -0.4 is 5.32 Å². The van der Waals surface area contributed by atoms with Gasteiger partial charge in [0.05, 0.1) is 6.04 Å². The van der Waals surface area contributed by atoms with Crippen molar-refractivity contribution in [1.29, 1.82) is 0 Å². The van der Waals surface area contributed by atoms with E-state index in [2.05, 4.69) is 22.3 Å². The van der Waals surface area contributed by atoms with Gasteiger partial charge < -0.3 is 5.32 Å². The Labute approximate surface area is 177 Å². The summed E-state index contributed by atoms with van der Waals surface area (Å²) in [6, 6.07) is 14.4. The first-order chi connectivity index (χ1) is 14.3. The third-order valence-electron chi connectivity index (χ3n) is 6.88. The highest BCUT2D eigenvalue weighted by Gasteiger charge is 2.50. The van der Waals surface area contributed by atoms with Gasteiger partial charge in [0.25, 0.3) is 11.8 Å². The van der Waals surface area contributed by atoms with Gasteiger partial charge in [-0.2, -0.15) is 0 Å². The number of carbonyl (C=O) groups is 1. The molecule has 0 bridgehead atoms. The van der Waals surface area contributed by atoms with Gasteiger partial charge in [-0.1, -0.05) is 36.4 Å². The maximum absolute atomic E-state index is 13.7. The topological polar surface area (TPSA) is 32.3 Å². The van der Waals surface area contributed by atoms with Crippen molar-refractivity contribution in [2.45, 2.75) is 63.5 Å². The molecule has 1 aliphatic heterocycles. The Morgan fingerprint density at radius 1 is 1.07 bits per heavy atom. The molecule has 4 rings (SSSR count). The van der Waals surface area contributed by atoms with E-state index in [0.29, 0.717) is 11.1 Å². The van der Waals surface area contributed by atoms with Crippen molar-refractivity contribution in [2.24, 2.45) is 0 Å². The molecule has 1 amide bonds. The molecule has 2 aromatic carbocycles. The maximum Gasteiger partial charge on any atom is 0.270 e. The van der Waals surface area contributed by atoms with E-state index in [-0.39, 0.29) is 23.1 Å². The third kappa shape index (κ3) is 3.87. The van der Waals surface area contributed by atoms with Crippen LogP contribution in [0.3, 0.4) is 0 Å². The van der Waals surface area contributed by atoms with Crippen LogP contribution in [0.25, 0.3) is 0 Å². The molecule has 2 aliphatic rings. The molecular weight excluding hydrogens is 382 g/mol. The van der Waals surface area contributed by atoms with Gasteiger partial charge in [-0.25, -0.2) is 8.78 Å². The second-order valence-corrected chi connectivity index (χ2v) is 8.89. The monoisotopic (exact) mass is 412 g/mol. The smallest absolute Gasteiger partial charge is 0.270 e. The van der Waals surface area contributed by atoms with E-state index < -0.39 is 5.92 Å². The van der Waals surface area contributed by atoms with Crippen molar-refractivity contribution in [2.75, 3.05) is 13.1 Å². The Hall–Kier alpha value is -2.27. The number of likely N-dealkylation sites (tertiary alicyclic amines) is 1. The quantitative estimate of drug-likeness (QED) is 0.670. The number of hydrogen-bond acceptors (Lipinski definition) is 2. The summed E-state index contributed by atoms with van der Waals surface area (Å²) in [5, 5.41) is 3.30. The van der Waals surface area contributed by atoms with E-state index in [1.54, 1.807) is 6.92 Å². The van der Waals surface area contributed by atoms with E-state index in [1.807, 2.05) is 18.2 Å². The summed E-state index contributed by atoms with van der Waals surface area (Å²) >= 11 is 0. The molecular formula is C25H30F2N2O. The molecule has 5 heteroatoms. The van der Waals surface area contributed by atoms with Crippen molar-refractivity contribution in [1.82, 2.24) is 10.2 Å². The number of alkyl halides is 2. The number of aryl methyl sites for hydroxylation is 1. The van der Waals surface area contributed by atoms with Crippen molar-refractivity contribution in [3.05, 3.63) is 70.8 Å². The van der Waals surface area contributed by atoms with E-state index in [9.17, 15) is 13.6 Å². The minimum Gasteiger partial charge on any atom is -0.343 e. The molecule has 2 aromatic rings. The Kier molecular flexibility index (Phi) is 5.67. The molecule has 30 heavy (non-hydrogen) atoms. The number of benzene rings is 2. The fraction of sp³-hybridized carbons (Fsp3) is 0.480.